The number of amides is 1. The van der Waals surface area contributed by atoms with Crippen LogP contribution in [0, 0.1) is 11.8 Å². The minimum Gasteiger partial charge on any atom is -0.393 e. The predicted molar refractivity (Wildman–Crippen MR) is 75.8 cm³/mol. The van der Waals surface area contributed by atoms with E-state index in [4.69, 9.17) is 0 Å². The Bertz CT molecular complexity index is 288. The van der Waals surface area contributed by atoms with Crippen molar-refractivity contribution in [3.8, 4) is 0 Å². The third kappa shape index (κ3) is 4.46. The zero-order valence-electron chi connectivity index (χ0n) is 12.0. The first-order valence-electron chi connectivity index (χ1n) is 7.88. The normalized spacial score (nSPS) is 35.9. The van der Waals surface area contributed by atoms with Crippen LogP contribution in [0.15, 0.2) is 0 Å². The van der Waals surface area contributed by atoms with Gasteiger partial charge in [0.2, 0.25) is 5.91 Å². The Kier molecular flexibility index (Phi) is 5.64. The highest BCUT2D eigenvalue weighted by Gasteiger charge is 2.26. The molecule has 19 heavy (non-hydrogen) atoms. The predicted octanol–water partition coefficient (Wildman–Crippen LogP) is 1.43. The van der Waals surface area contributed by atoms with Gasteiger partial charge in [0.25, 0.3) is 0 Å². The molecular formula is C15H28N2O2. The van der Waals surface area contributed by atoms with E-state index in [9.17, 15) is 9.90 Å². The topological polar surface area (TPSA) is 61.4 Å². The van der Waals surface area contributed by atoms with Gasteiger partial charge in [-0.05, 0) is 56.9 Å². The number of nitrogens with one attached hydrogen (secondary N) is 2. The largest absolute Gasteiger partial charge is 0.393 e. The van der Waals surface area contributed by atoms with E-state index in [2.05, 4.69) is 17.6 Å². The number of carbonyl (C=O) groups is 1. The molecule has 2 atom stereocenters. The molecule has 0 radical (unpaired) electrons. The van der Waals surface area contributed by atoms with E-state index in [0.29, 0.717) is 11.8 Å². The van der Waals surface area contributed by atoms with E-state index in [1.807, 2.05) is 0 Å². The smallest absolute Gasteiger partial charge is 0.237 e. The Labute approximate surface area is 116 Å². The maximum Gasteiger partial charge on any atom is 0.237 e. The second-order valence-corrected chi connectivity index (χ2v) is 6.23. The molecule has 4 nitrogen and oxygen atoms in total. The molecule has 2 aliphatic rings. The van der Waals surface area contributed by atoms with Gasteiger partial charge in [-0.2, -0.15) is 0 Å². The lowest BCUT2D eigenvalue weighted by molar-refractivity contribution is -0.124. The Balaban J connectivity index is 1.69. The first-order valence-corrected chi connectivity index (χ1v) is 7.88. The van der Waals surface area contributed by atoms with Crippen molar-refractivity contribution in [3.05, 3.63) is 0 Å². The summed E-state index contributed by atoms with van der Waals surface area (Å²) < 4.78 is 0. The van der Waals surface area contributed by atoms with Crippen LogP contribution >= 0.6 is 0 Å². The fourth-order valence-corrected chi connectivity index (χ4v) is 3.28. The molecule has 1 saturated heterocycles. The summed E-state index contributed by atoms with van der Waals surface area (Å²) in [7, 11) is 0. The van der Waals surface area contributed by atoms with E-state index in [1.165, 1.54) is 12.8 Å². The first-order chi connectivity index (χ1) is 9.19. The molecule has 0 aromatic heterocycles. The molecule has 1 amide bonds. The molecule has 2 rings (SSSR count). The molecule has 2 unspecified atom stereocenters. The van der Waals surface area contributed by atoms with Gasteiger partial charge >= 0.3 is 0 Å². The second kappa shape index (κ2) is 7.25. The molecule has 0 aromatic rings. The van der Waals surface area contributed by atoms with Crippen LogP contribution in [-0.4, -0.2) is 36.2 Å². The van der Waals surface area contributed by atoms with Gasteiger partial charge in [0, 0.05) is 6.54 Å². The SMILES string of the molecule is CCC1CCNC(C(=O)NCC2CCC(O)CC2)C1. The van der Waals surface area contributed by atoms with Gasteiger partial charge in [-0.1, -0.05) is 13.3 Å². The Hall–Kier alpha value is -0.610. The van der Waals surface area contributed by atoms with Crippen molar-refractivity contribution >= 4 is 5.91 Å². The quantitative estimate of drug-likeness (QED) is 0.723. The molecule has 1 aliphatic carbocycles. The van der Waals surface area contributed by atoms with Gasteiger partial charge in [0.15, 0.2) is 0 Å². The highest BCUT2D eigenvalue weighted by molar-refractivity contribution is 5.81. The van der Waals surface area contributed by atoms with Gasteiger partial charge in [0.1, 0.15) is 0 Å². The van der Waals surface area contributed by atoms with Gasteiger partial charge in [-0.3, -0.25) is 4.79 Å². The van der Waals surface area contributed by atoms with E-state index in [0.717, 1.165) is 45.2 Å². The van der Waals surface area contributed by atoms with E-state index < -0.39 is 0 Å². The molecule has 3 N–H and O–H groups in total. The summed E-state index contributed by atoms with van der Waals surface area (Å²) in [5, 5.41) is 15.9. The maximum atomic E-state index is 12.1. The zero-order valence-corrected chi connectivity index (χ0v) is 12.0. The number of aliphatic hydroxyl groups excluding tert-OH is 1. The van der Waals surface area contributed by atoms with Crippen molar-refractivity contribution in [2.75, 3.05) is 13.1 Å². The van der Waals surface area contributed by atoms with Crippen LogP contribution in [0.1, 0.15) is 51.9 Å². The van der Waals surface area contributed by atoms with Crippen LogP contribution in [0.2, 0.25) is 0 Å². The maximum absolute atomic E-state index is 12.1. The van der Waals surface area contributed by atoms with Gasteiger partial charge in [0.05, 0.1) is 12.1 Å². The number of carbonyl (C=O) groups excluding carboxylic acids is 1. The summed E-state index contributed by atoms with van der Waals surface area (Å²) in [6, 6.07) is 0.00730. The fourth-order valence-electron chi connectivity index (χ4n) is 3.28. The van der Waals surface area contributed by atoms with Gasteiger partial charge in [-0.25, -0.2) is 0 Å². The van der Waals surface area contributed by atoms with E-state index in [-0.39, 0.29) is 18.1 Å². The molecule has 0 spiro atoms. The molecule has 0 bridgehead atoms. The number of piperidine rings is 1. The van der Waals surface area contributed by atoms with Crippen LogP contribution in [-0.2, 0) is 4.79 Å². The van der Waals surface area contributed by atoms with Crippen LogP contribution in [0.5, 0.6) is 0 Å². The van der Waals surface area contributed by atoms with Crippen LogP contribution in [0.25, 0.3) is 0 Å². The van der Waals surface area contributed by atoms with Crippen molar-refractivity contribution in [2.24, 2.45) is 11.8 Å². The van der Waals surface area contributed by atoms with E-state index in [1.54, 1.807) is 0 Å². The molecule has 1 heterocycles. The van der Waals surface area contributed by atoms with Crippen molar-refractivity contribution in [3.63, 3.8) is 0 Å². The zero-order chi connectivity index (χ0) is 13.7. The number of rotatable bonds is 4. The van der Waals surface area contributed by atoms with Crippen LogP contribution in [0.4, 0.5) is 0 Å². The van der Waals surface area contributed by atoms with Crippen molar-refractivity contribution in [1.82, 2.24) is 10.6 Å². The lowest BCUT2D eigenvalue weighted by Crippen LogP contribution is -2.49. The van der Waals surface area contributed by atoms with Crippen LogP contribution < -0.4 is 10.6 Å². The summed E-state index contributed by atoms with van der Waals surface area (Å²) in [5.41, 5.74) is 0. The van der Waals surface area contributed by atoms with Crippen molar-refractivity contribution in [2.45, 2.75) is 64.0 Å². The summed E-state index contributed by atoms with van der Waals surface area (Å²) >= 11 is 0. The first kappa shape index (κ1) is 14.8. The lowest BCUT2D eigenvalue weighted by Gasteiger charge is -2.30. The minimum absolute atomic E-state index is 0.00730. The minimum atomic E-state index is -0.114. The monoisotopic (exact) mass is 268 g/mol. The highest BCUT2D eigenvalue weighted by Crippen LogP contribution is 2.24. The number of aliphatic hydroxyl groups is 1. The standard InChI is InChI=1S/C15H28N2O2/c1-2-11-7-8-16-14(9-11)15(19)17-10-12-3-5-13(18)6-4-12/h11-14,16,18H,2-10H2,1H3,(H,17,19). The third-order valence-corrected chi connectivity index (χ3v) is 4.79. The third-order valence-electron chi connectivity index (χ3n) is 4.79. The molecule has 110 valence electrons. The van der Waals surface area contributed by atoms with Gasteiger partial charge < -0.3 is 15.7 Å². The Morgan fingerprint density at radius 3 is 2.63 bits per heavy atom. The number of hydrogen-bond acceptors (Lipinski definition) is 3. The Morgan fingerprint density at radius 2 is 1.95 bits per heavy atom. The van der Waals surface area contributed by atoms with Gasteiger partial charge in [-0.15, -0.1) is 0 Å². The molecular weight excluding hydrogens is 240 g/mol. The summed E-state index contributed by atoms with van der Waals surface area (Å²) in [6.45, 7) is 3.95. The average molecular weight is 268 g/mol. The van der Waals surface area contributed by atoms with Crippen LogP contribution in [0.3, 0.4) is 0 Å². The van der Waals surface area contributed by atoms with Crippen molar-refractivity contribution in [1.29, 1.82) is 0 Å². The van der Waals surface area contributed by atoms with E-state index >= 15 is 0 Å². The number of hydrogen-bond donors (Lipinski definition) is 3. The lowest BCUT2D eigenvalue weighted by atomic mass is 9.87. The highest BCUT2D eigenvalue weighted by atomic mass is 16.3. The second-order valence-electron chi connectivity index (χ2n) is 6.23. The molecule has 0 aromatic carbocycles. The molecule has 1 aliphatic heterocycles. The summed E-state index contributed by atoms with van der Waals surface area (Å²) in [6.07, 6.45) is 7.09. The fraction of sp³-hybridized carbons (Fsp3) is 0.933. The molecule has 1 saturated carbocycles. The summed E-state index contributed by atoms with van der Waals surface area (Å²) in [5.74, 6) is 1.42. The molecule has 2 fully saturated rings. The average Bonchev–Trinajstić information content (AvgIpc) is 2.46. The van der Waals surface area contributed by atoms with Crippen molar-refractivity contribution < 1.29 is 9.90 Å². The summed E-state index contributed by atoms with van der Waals surface area (Å²) in [4.78, 5) is 12.1. The molecule has 4 heteroatoms. The Morgan fingerprint density at radius 1 is 1.21 bits per heavy atom.